The summed E-state index contributed by atoms with van der Waals surface area (Å²) in [4.78, 5) is 0. The van der Waals surface area contributed by atoms with Gasteiger partial charge in [-0.05, 0) is 80.2 Å². The van der Waals surface area contributed by atoms with E-state index >= 15 is 0 Å². The largest absolute Gasteiger partial charge is 0.106 e. The van der Waals surface area contributed by atoms with Gasteiger partial charge < -0.3 is 0 Å². The molecule has 0 spiro atoms. The summed E-state index contributed by atoms with van der Waals surface area (Å²) in [5, 5.41) is 0. The standard InChI is InChI=1S/C22H39B2P2/c23-24-22(26(20-13-5-6-14-20)21-15-7-8-16-21)17-25(18-9-1-2-10-18)19-11-3-4-12-19/h18-22H,1-17H2. The van der Waals surface area contributed by atoms with Crippen LogP contribution in [0.2, 0.25) is 0 Å². The molecule has 0 amide bonds. The van der Waals surface area contributed by atoms with E-state index in [-0.39, 0.29) is 15.8 Å². The average molecular weight is 387 g/mol. The van der Waals surface area contributed by atoms with Crippen LogP contribution in [0.1, 0.15) is 103 Å². The van der Waals surface area contributed by atoms with Gasteiger partial charge in [-0.2, -0.15) is 0 Å². The normalized spacial score (nSPS) is 28.1. The van der Waals surface area contributed by atoms with Crippen molar-refractivity contribution in [3.05, 3.63) is 0 Å². The molecule has 0 nitrogen and oxygen atoms in total. The van der Waals surface area contributed by atoms with Crippen molar-refractivity contribution < 1.29 is 0 Å². The van der Waals surface area contributed by atoms with E-state index in [1.807, 2.05) is 0 Å². The Hall–Kier alpha value is 0.990. The second-order valence-corrected chi connectivity index (χ2v) is 15.5. The second-order valence-electron chi connectivity index (χ2n) is 9.66. The van der Waals surface area contributed by atoms with E-state index in [0.29, 0.717) is 0 Å². The quantitative estimate of drug-likeness (QED) is 0.316. The van der Waals surface area contributed by atoms with Crippen molar-refractivity contribution in [3.63, 3.8) is 0 Å². The van der Waals surface area contributed by atoms with Gasteiger partial charge in [0.05, 0.1) is 7.17 Å². The highest BCUT2D eigenvalue weighted by Gasteiger charge is 2.40. The van der Waals surface area contributed by atoms with Gasteiger partial charge in [0.1, 0.15) is 0 Å². The van der Waals surface area contributed by atoms with Crippen molar-refractivity contribution in [2.75, 3.05) is 6.16 Å². The maximum atomic E-state index is 6.46. The van der Waals surface area contributed by atoms with Gasteiger partial charge >= 0.3 is 0 Å². The van der Waals surface area contributed by atoms with Crippen LogP contribution in [0.3, 0.4) is 0 Å². The van der Waals surface area contributed by atoms with E-state index in [4.69, 9.17) is 7.74 Å². The smallest absolute Gasteiger partial charge is 0.0650 e. The minimum Gasteiger partial charge on any atom is -0.106 e. The molecule has 0 aromatic rings. The highest BCUT2D eigenvalue weighted by molar-refractivity contribution is 7.66. The number of hydrogen-bond acceptors (Lipinski definition) is 0. The highest BCUT2D eigenvalue weighted by Crippen LogP contribution is 2.65. The van der Waals surface area contributed by atoms with Gasteiger partial charge in [-0.1, -0.05) is 56.9 Å². The van der Waals surface area contributed by atoms with Crippen LogP contribution in [0.25, 0.3) is 0 Å². The lowest BCUT2D eigenvalue weighted by Crippen LogP contribution is -2.30. The van der Waals surface area contributed by atoms with Crippen molar-refractivity contribution in [3.8, 4) is 0 Å². The third-order valence-corrected chi connectivity index (χ3v) is 15.9. The predicted molar refractivity (Wildman–Crippen MR) is 123 cm³/mol. The molecule has 4 rings (SSSR count). The van der Waals surface area contributed by atoms with Crippen LogP contribution in [-0.2, 0) is 0 Å². The Labute approximate surface area is 168 Å². The summed E-state index contributed by atoms with van der Waals surface area (Å²) in [7, 11) is 9.09. The molecule has 0 heterocycles. The maximum absolute atomic E-state index is 6.46. The molecule has 143 valence electrons. The highest BCUT2D eigenvalue weighted by atomic mass is 31.1. The zero-order chi connectivity index (χ0) is 17.8. The van der Waals surface area contributed by atoms with E-state index in [0.717, 1.165) is 28.2 Å². The van der Waals surface area contributed by atoms with Crippen molar-refractivity contribution in [1.82, 2.24) is 0 Å². The van der Waals surface area contributed by atoms with Gasteiger partial charge in [0.15, 0.2) is 0 Å². The molecule has 0 N–H and O–H groups in total. The molecule has 4 saturated carbocycles. The van der Waals surface area contributed by atoms with Crippen LogP contribution >= 0.6 is 15.8 Å². The molecule has 0 aliphatic heterocycles. The van der Waals surface area contributed by atoms with Gasteiger partial charge in [0, 0.05) is 7.74 Å². The van der Waals surface area contributed by atoms with Gasteiger partial charge in [-0.15, -0.1) is 15.8 Å². The van der Waals surface area contributed by atoms with Crippen molar-refractivity contribution in [2.24, 2.45) is 0 Å². The van der Waals surface area contributed by atoms with Gasteiger partial charge in [0.2, 0.25) is 0 Å². The third kappa shape index (κ3) is 4.76. The Morgan fingerprint density at radius 1 is 0.615 bits per heavy atom. The van der Waals surface area contributed by atoms with Gasteiger partial charge in [-0.25, -0.2) is 0 Å². The molecule has 4 fully saturated rings. The lowest BCUT2D eigenvalue weighted by atomic mass is 9.53. The molecule has 4 aliphatic carbocycles. The first-order valence-electron chi connectivity index (χ1n) is 11.9. The first-order valence-corrected chi connectivity index (χ1v) is 15.2. The molecule has 1 atom stereocenters. The molecule has 3 radical (unpaired) electrons. The molecule has 0 saturated heterocycles. The third-order valence-electron chi connectivity index (χ3n) is 8.08. The summed E-state index contributed by atoms with van der Waals surface area (Å²) in [6, 6.07) is 0. The molecule has 0 bridgehead atoms. The summed E-state index contributed by atoms with van der Waals surface area (Å²) in [6.45, 7) is 0. The lowest BCUT2D eigenvalue weighted by Gasteiger charge is -2.41. The SMILES string of the molecule is [B][B]C(CP(C1CCCC1)C1CCCC1)P(C1CCCC1)C1CCCC1. The molecular formula is C22H39B2P2. The molecule has 0 aromatic carbocycles. The van der Waals surface area contributed by atoms with Crippen molar-refractivity contribution >= 4 is 30.8 Å². The van der Waals surface area contributed by atoms with E-state index < -0.39 is 0 Å². The summed E-state index contributed by atoms with van der Waals surface area (Å²) >= 11 is 0. The van der Waals surface area contributed by atoms with E-state index in [2.05, 4.69) is 7.17 Å². The number of hydrogen-bond donors (Lipinski definition) is 0. The van der Waals surface area contributed by atoms with Gasteiger partial charge in [-0.3, -0.25) is 0 Å². The van der Waals surface area contributed by atoms with Crippen molar-refractivity contribution in [2.45, 2.75) is 131 Å². The van der Waals surface area contributed by atoms with E-state index in [1.54, 1.807) is 31.8 Å². The fourth-order valence-electron chi connectivity index (χ4n) is 6.78. The van der Waals surface area contributed by atoms with Crippen LogP contribution in [0.15, 0.2) is 0 Å². The predicted octanol–water partition coefficient (Wildman–Crippen LogP) is 6.83. The zero-order valence-corrected chi connectivity index (χ0v) is 18.7. The Morgan fingerprint density at radius 3 is 1.31 bits per heavy atom. The zero-order valence-electron chi connectivity index (χ0n) is 17.0. The van der Waals surface area contributed by atoms with Crippen LogP contribution in [-0.4, -0.2) is 49.3 Å². The first-order chi connectivity index (χ1) is 12.9. The summed E-state index contributed by atoms with van der Waals surface area (Å²) in [5.74, 6) is 0. The van der Waals surface area contributed by atoms with E-state index in [1.165, 1.54) is 77.0 Å². The summed E-state index contributed by atoms with van der Waals surface area (Å²) in [5.41, 5.74) is 5.17. The maximum Gasteiger partial charge on any atom is 0.0650 e. The molecule has 4 aliphatic rings. The Balaban J connectivity index is 1.49. The minimum atomic E-state index is 0.148. The van der Waals surface area contributed by atoms with Gasteiger partial charge in [0.25, 0.3) is 0 Å². The van der Waals surface area contributed by atoms with Crippen LogP contribution in [0, 0.1) is 0 Å². The van der Waals surface area contributed by atoms with Crippen LogP contribution < -0.4 is 0 Å². The van der Waals surface area contributed by atoms with Crippen LogP contribution in [0.4, 0.5) is 0 Å². The molecule has 26 heavy (non-hydrogen) atoms. The molecule has 4 heteroatoms. The first kappa shape index (κ1) is 20.3. The summed E-state index contributed by atoms with van der Waals surface area (Å²) < 4.78 is 0. The molecule has 1 unspecified atom stereocenters. The number of rotatable bonds is 8. The lowest BCUT2D eigenvalue weighted by molar-refractivity contribution is 0.810. The Morgan fingerprint density at radius 2 is 0.962 bits per heavy atom. The van der Waals surface area contributed by atoms with Crippen LogP contribution in [0.5, 0.6) is 0 Å². The fourth-order valence-corrected chi connectivity index (χ4v) is 15.7. The van der Waals surface area contributed by atoms with E-state index in [9.17, 15) is 0 Å². The summed E-state index contributed by atoms with van der Waals surface area (Å²) in [6.07, 6.45) is 26.1. The minimum absolute atomic E-state index is 0.148. The second kappa shape index (κ2) is 10.1. The molecule has 0 aromatic heterocycles. The Kier molecular flexibility index (Phi) is 7.91. The van der Waals surface area contributed by atoms with Crippen molar-refractivity contribution in [1.29, 1.82) is 0 Å². The fraction of sp³-hybridized carbons (Fsp3) is 1.00. The Bertz CT molecular complexity index is 376. The monoisotopic (exact) mass is 387 g/mol. The topological polar surface area (TPSA) is 0 Å². The molecular weight excluding hydrogens is 348 g/mol. The average Bonchev–Trinajstić information content (AvgIpc) is 3.46.